The number of benzene rings is 1. The third-order valence-electron chi connectivity index (χ3n) is 2.72. The summed E-state index contributed by atoms with van der Waals surface area (Å²) in [4.78, 5) is 11.9. The molecule has 0 radical (unpaired) electrons. The third kappa shape index (κ3) is 2.15. The van der Waals surface area contributed by atoms with E-state index in [0.717, 1.165) is 0 Å². The quantitative estimate of drug-likeness (QED) is 0.753. The zero-order chi connectivity index (χ0) is 11.8. The maximum absolute atomic E-state index is 11.9. The molecule has 1 N–H and O–H groups in total. The molecule has 1 aliphatic rings. The highest BCUT2D eigenvalue weighted by molar-refractivity contribution is 7.91. The van der Waals surface area contributed by atoms with E-state index in [0.29, 0.717) is 5.56 Å². The molecule has 0 aromatic heterocycles. The normalized spacial score (nSPS) is 27.8. The largest absolute Gasteiger partial charge is 0.391 e. The first kappa shape index (κ1) is 11.3. The van der Waals surface area contributed by atoms with Crippen molar-refractivity contribution in [2.45, 2.75) is 6.10 Å². The number of carbonyl (C=O) groups excluding carboxylic acids is 1. The molecule has 86 valence electrons. The van der Waals surface area contributed by atoms with Gasteiger partial charge in [0.25, 0.3) is 0 Å². The van der Waals surface area contributed by atoms with Crippen LogP contribution in [0.25, 0.3) is 0 Å². The van der Waals surface area contributed by atoms with Gasteiger partial charge >= 0.3 is 0 Å². The van der Waals surface area contributed by atoms with Gasteiger partial charge < -0.3 is 5.11 Å². The summed E-state index contributed by atoms with van der Waals surface area (Å²) in [6.45, 7) is 0. The zero-order valence-electron chi connectivity index (χ0n) is 8.54. The molecule has 16 heavy (non-hydrogen) atoms. The van der Waals surface area contributed by atoms with Crippen molar-refractivity contribution in [2.24, 2.45) is 5.92 Å². The van der Waals surface area contributed by atoms with Gasteiger partial charge in [-0.05, 0) is 0 Å². The van der Waals surface area contributed by atoms with Crippen LogP contribution in [0, 0.1) is 5.92 Å². The highest BCUT2D eigenvalue weighted by atomic mass is 32.2. The Morgan fingerprint density at radius 2 is 1.81 bits per heavy atom. The Hall–Kier alpha value is -1.20. The minimum absolute atomic E-state index is 0.248. The van der Waals surface area contributed by atoms with E-state index in [1.165, 1.54) is 0 Å². The van der Waals surface area contributed by atoms with Gasteiger partial charge in [0.15, 0.2) is 15.6 Å². The second kappa shape index (κ2) is 3.99. The number of ketones is 1. The van der Waals surface area contributed by atoms with Crippen molar-refractivity contribution >= 4 is 15.6 Å². The highest BCUT2D eigenvalue weighted by Gasteiger charge is 2.40. The lowest BCUT2D eigenvalue weighted by molar-refractivity contribution is 0.0793. The molecule has 1 heterocycles. The minimum atomic E-state index is -3.27. The van der Waals surface area contributed by atoms with E-state index >= 15 is 0 Å². The molecular formula is C11H12O4S. The molecule has 0 amide bonds. The Balaban J connectivity index is 2.25. The molecule has 5 heteroatoms. The van der Waals surface area contributed by atoms with Crippen molar-refractivity contribution in [3.8, 4) is 0 Å². The summed E-state index contributed by atoms with van der Waals surface area (Å²) in [6, 6.07) is 8.45. The number of aliphatic hydroxyl groups excluding tert-OH is 1. The summed E-state index contributed by atoms with van der Waals surface area (Å²) in [7, 11) is -3.27. The lowest BCUT2D eigenvalue weighted by Gasteiger charge is -2.10. The van der Waals surface area contributed by atoms with E-state index in [1.54, 1.807) is 30.3 Å². The summed E-state index contributed by atoms with van der Waals surface area (Å²) in [5.74, 6) is -1.67. The van der Waals surface area contributed by atoms with Crippen LogP contribution >= 0.6 is 0 Å². The van der Waals surface area contributed by atoms with E-state index in [-0.39, 0.29) is 17.3 Å². The zero-order valence-corrected chi connectivity index (χ0v) is 9.35. The molecule has 1 aromatic carbocycles. The van der Waals surface area contributed by atoms with Crippen LogP contribution in [0.2, 0.25) is 0 Å². The SMILES string of the molecule is O=C(c1ccccc1)C1CS(=O)(=O)CC1O. The molecule has 0 spiro atoms. The fourth-order valence-electron chi connectivity index (χ4n) is 1.90. The van der Waals surface area contributed by atoms with Crippen molar-refractivity contribution in [1.82, 2.24) is 0 Å². The van der Waals surface area contributed by atoms with Crippen LogP contribution < -0.4 is 0 Å². The number of hydrogen-bond acceptors (Lipinski definition) is 4. The van der Waals surface area contributed by atoms with Crippen LogP contribution in [0.1, 0.15) is 10.4 Å². The lowest BCUT2D eigenvalue weighted by atomic mass is 9.95. The molecule has 0 saturated carbocycles. The molecule has 1 aromatic rings. The van der Waals surface area contributed by atoms with Gasteiger partial charge in [-0.25, -0.2) is 8.42 Å². The van der Waals surface area contributed by atoms with Crippen molar-refractivity contribution in [2.75, 3.05) is 11.5 Å². The van der Waals surface area contributed by atoms with Gasteiger partial charge in [-0.3, -0.25) is 4.79 Å². The van der Waals surface area contributed by atoms with E-state index in [2.05, 4.69) is 0 Å². The Labute approximate surface area is 93.8 Å². The van der Waals surface area contributed by atoms with Crippen molar-refractivity contribution in [3.05, 3.63) is 35.9 Å². The molecule has 0 aliphatic carbocycles. The smallest absolute Gasteiger partial charge is 0.169 e. The lowest BCUT2D eigenvalue weighted by Crippen LogP contribution is -2.26. The van der Waals surface area contributed by atoms with Gasteiger partial charge in [0.05, 0.1) is 23.5 Å². The molecule has 2 rings (SSSR count). The Bertz CT molecular complexity index is 492. The second-order valence-corrected chi connectivity index (χ2v) is 6.13. The number of hydrogen-bond donors (Lipinski definition) is 1. The van der Waals surface area contributed by atoms with Gasteiger partial charge in [-0.15, -0.1) is 0 Å². The van der Waals surface area contributed by atoms with Crippen LogP contribution in [-0.4, -0.2) is 36.9 Å². The molecule has 4 nitrogen and oxygen atoms in total. The predicted molar refractivity (Wildman–Crippen MR) is 58.9 cm³/mol. The van der Waals surface area contributed by atoms with E-state index < -0.39 is 21.9 Å². The van der Waals surface area contributed by atoms with Gasteiger partial charge in [0, 0.05) is 5.56 Å². The van der Waals surface area contributed by atoms with Gasteiger partial charge in [0.2, 0.25) is 0 Å². The molecular weight excluding hydrogens is 228 g/mol. The maximum atomic E-state index is 11.9. The number of carbonyl (C=O) groups is 1. The monoisotopic (exact) mass is 240 g/mol. The fraction of sp³-hybridized carbons (Fsp3) is 0.364. The third-order valence-corrected chi connectivity index (χ3v) is 4.43. The van der Waals surface area contributed by atoms with E-state index in [9.17, 15) is 18.3 Å². The van der Waals surface area contributed by atoms with Crippen LogP contribution in [0.15, 0.2) is 30.3 Å². The highest BCUT2D eigenvalue weighted by Crippen LogP contribution is 2.23. The summed E-state index contributed by atoms with van der Waals surface area (Å²) < 4.78 is 22.5. The van der Waals surface area contributed by atoms with Gasteiger partial charge in [0.1, 0.15) is 0 Å². The van der Waals surface area contributed by atoms with Crippen molar-refractivity contribution in [1.29, 1.82) is 0 Å². The van der Waals surface area contributed by atoms with Crippen LogP contribution in [0.5, 0.6) is 0 Å². The van der Waals surface area contributed by atoms with E-state index in [4.69, 9.17) is 0 Å². The maximum Gasteiger partial charge on any atom is 0.169 e. The van der Waals surface area contributed by atoms with Crippen LogP contribution in [0.4, 0.5) is 0 Å². The molecule has 0 bridgehead atoms. The second-order valence-electron chi connectivity index (χ2n) is 3.98. The summed E-state index contributed by atoms with van der Waals surface area (Å²) >= 11 is 0. The average molecular weight is 240 g/mol. The Morgan fingerprint density at radius 3 is 2.31 bits per heavy atom. The van der Waals surface area contributed by atoms with Crippen LogP contribution in [0.3, 0.4) is 0 Å². The first-order chi connectivity index (χ1) is 7.49. The number of sulfone groups is 1. The van der Waals surface area contributed by atoms with Gasteiger partial charge in [-0.2, -0.15) is 0 Å². The molecule has 2 unspecified atom stereocenters. The summed E-state index contributed by atoms with van der Waals surface area (Å²) in [6.07, 6.45) is -1.07. The summed E-state index contributed by atoms with van der Waals surface area (Å²) in [5, 5.41) is 9.56. The van der Waals surface area contributed by atoms with Crippen molar-refractivity contribution in [3.63, 3.8) is 0 Å². The minimum Gasteiger partial charge on any atom is -0.391 e. The molecule has 1 aliphatic heterocycles. The molecule has 2 atom stereocenters. The van der Waals surface area contributed by atoms with Gasteiger partial charge in [-0.1, -0.05) is 30.3 Å². The van der Waals surface area contributed by atoms with Crippen LogP contribution in [-0.2, 0) is 9.84 Å². The summed E-state index contributed by atoms with van der Waals surface area (Å²) in [5.41, 5.74) is 0.448. The number of aliphatic hydroxyl groups is 1. The first-order valence-electron chi connectivity index (χ1n) is 4.97. The number of rotatable bonds is 2. The average Bonchev–Trinajstić information content (AvgIpc) is 2.52. The topological polar surface area (TPSA) is 71.4 Å². The first-order valence-corrected chi connectivity index (χ1v) is 6.79. The Kier molecular flexibility index (Phi) is 2.82. The standard InChI is InChI=1S/C11H12O4S/c12-10-7-16(14,15)6-9(10)11(13)8-4-2-1-3-5-8/h1-5,9-10,12H,6-7H2. The van der Waals surface area contributed by atoms with Crippen molar-refractivity contribution < 1.29 is 18.3 Å². The Morgan fingerprint density at radius 1 is 1.19 bits per heavy atom. The molecule has 1 saturated heterocycles. The molecule has 1 fully saturated rings. The predicted octanol–water partition coefficient (Wildman–Crippen LogP) is 0.275. The fourth-order valence-corrected chi connectivity index (χ4v) is 3.71. The number of Topliss-reactive ketones (excluding diaryl/α,β-unsaturated/α-hetero) is 1. The van der Waals surface area contributed by atoms with E-state index in [1.807, 2.05) is 0 Å².